The summed E-state index contributed by atoms with van der Waals surface area (Å²) in [6.07, 6.45) is 3.37. The molecule has 0 radical (unpaired) electrons. The molecule has 4 nitrogen and oxygen atoms in total. The summed E-state index contributed by atoms with van der Waals surface area (Å²) in [6.45, 7) is 8.26. The number of nitrogens with zero attached hydrogens (tertiary/aromatic N) is 1. The quantitative estimate of drug-likeness (QED) is 0.508. The third kappa shape index (κ3) is 7.46. The van der Waals surface area contributed by atoms with Gasteiger partial charge < -0.3 is 16.2 Å². The van der Waals surface area contributed by atoms with Crippen molar-refractivity contribution in [2.45, 2.75) is 58.6 Å². The van der Waals surface area contributed by atoms with Crippen LogP contribution < -0.4 is 11.1 Å². The highest BCUT2D eigenvalue weighted by atomic mass is 19.1. The van der Waals surface area contributed by atoms with Crippen LogP contribution in [0.1, 0.15) is 52.5 Å². The molecule has 0 aromatic heterocycles. The highest BCUT2D eigenvalue weighted by molar-refractivity contribution is 5.78. The maximum Gasteiger partial charge on any atom is 0.188 e. The van der Waals surface area contributed by atoms with Gasteiger partial charge in [-0.1, -0.05) is 38.8 Å². The van der Waals surface area contributed by atoms with E-state index in [9.17, 15) is 9.50 Å². The molecule has 0 aliphatic carbocycles. The predicted molar refractivity (Wildman–Crippen MR) is 93.7 cm³/mol. The van der Waals surface area contributed by atoms with Gasteiger partial charge in [-0.3, -0.25) is 4.99 Å². The summed E-state index contributed by atoms with van der Waals surface area (Å²) in [4.78, 5) is 4.22. The van der Waals surface area contributed by atoms with E-state index in [0.717, 1.165) is 12.8 Å². The minimum atomic E-state index is -1.18. The summed E-state index contributed by atoms with van der Waals surface area (Å²) in [5.41, 5.74) is 5.32. The Morgan fingerprint density at radius 1 is 1.26 bits per heavy atom. The molecule has 0 spiro atoms. The van der Waals surface area contributed by atoms with Crippen LogP contribution in [0.15, 0.2) is 29.3 Å². The van der Waals surface area contributed by atoms with E-state index in [1.54, 1.807) is 19.1 Å². The molecule has 5 heteroatoms. The van der Waals surface area contributed by atoms with Crippen LogP contribution in [0.4, 0.5) is 4.39 Å². The van der Waals surface area contributed by atoms with E-state index in [-0.39, 0.29) is 18.4 Å². The van der Waals surface area contributed by atoms with E-state index >= 15 is 0 Å². The smallest absolute Gasteiger partial charge is 0.188 e. The minimum absolute atomic E-state index is 0.121. The first kappa shape index (κ1) is 19.4. The van der Waals surface area contributed by atoms with Gasteiger partial charge in [-0.15, -0.1) is 0 Å². The normalized spacial score (nSPS) is 16.2. The van der Waals surface area contributed by atoms with Crippen LogP contribution in [0, 0.1) is 11.7 Å². The Morgan fingerprint density at radius 3 is 2.43 bits per heavy atom. The molecule has 4 N–H and O–H groups in total. The van der Waals surface area contributed by atoms with Crippen molar-refractivity contribution < 1.29 is 9.50 Å². The van der Waals surface area contributed by atoms with Gasteiger partial charge in [0.1, 0.15) is 11.4 Å². The van der Waals surface area contributed by atoms with Gasteiger partial charge in [-0.2, -0.15) is 0 Å². The Hall–Kier alpha value is -1.62. The van der Waals surface area contributed by atoms with E-state index in [1.807, 2.05) is 0 Å². The fourth-order valence-electron chi connectivity index (χ4n) is 2.34. The molecule has 0 heterocycles. The number of aliphatic imine (C=N–C) groups is 1. The van der Waals surface area contributed by atoms with Crippen molar-refractivity contribution >= 4 is 5.96 Å². The molecule has 0 bridgehead atoms. The Bertz CT molecular complexity index is 497. The van der Waals surface area contributed by atoms with Crippen LogP contribution >= 0.6 is 0 Å². The molecule has 130 valence electrons. The zero-order chi connectivity index (χ0) is 17.5. The van der Waals surface area contributed by atoms with Crippen LogP contribution in [0.25, 0.3) is 0 Å². The van der Waals surface area contributed by atoms with Crippen LogP contribution in [-0.2, 0) is 5.60 Å². The molecule has 0 aliphatic heterocycles. The van der Waals surface area contributed by atoms with E-state index in [4.69, 9.17) is 5.73 Å². The molecule has 1 aromatic rings. The van der Waals surface area contributed by atoms with Crippen molar-refractivity contribution in [3.63, 3.8) is 0 Å². The average molecular weight is 323 g/mol. The number of aliphatic hydroxyl groups is 1. The third-order valence-electron chi connectivity index (χ3n) is 3.84. The second-order valence-corrected chi connectivity index (χ2v) is 6.85. The fraction of sp³-hybridized carbons (Fsp3) is 0.611. The molecule has 2 unspecified atom stereocenters. The number of hydrogen-bond donors (Lipinski definition) is 3. The lowest BCUT2D eigenvalue weighted by Gasteiger charge is -2.22. The maximum atomic E-state index is 12.9. The zero-order valence-electron chi connectivity index (χ0n) is 14.6. The number of benzene rings is 1. The monoisotopic (exact) mass is 323 g/mol. The van der Waals surface area contributed by atoms with Crippen LogP contribution in [-0.4, -0.2) is 23.7 Å². The van der Waals surface area contributed by atoms with Gasteiger partial charge in [0.2, 0.25) is 0 Å². The van der Waals surface area contributed by atoms with Crippen LogP contribution in [0.2, 0.25) is 0 Å². The average Bonchev–Trinajstić information content (AvgIpc) is 2.45. The van der Waals surface area contributed by atoms with Crippen molar-refractivity contribution in [3.8, 4) is 0 Å². The topological polar surface area (TPSA) is 70.6 Å². The second-order valence-electron chi connectivity index (χ2n) is 6.85. The third-order valence-corrected chi connectivity index (χ3v) is 3.84. The maximum absolute atomic E-state index is 12.9. The van der Waals surface area contributed by atoms with Gasteiger partial charge in [0, 0.05) is 6.04 Å². The molecule has 0 aliphatic rings. The number of nitrogens with two attached hydrogens (primary N) is 1. The highest BCUT2D eigenvalue weighted by Gasteiger charge is 2.22. The van der Waals surface area contributed by atoms with E-state index < -0.39 is 5.60 Å². The summed E-state index contributed by atoms with van der Waals surface area (Å²) in [7, 11) is 0. The van der Waals surface area contributed by atoms with Crippen molar-refractivity contribution in [2.75, 3.05) is 6.54 Å². The van der Waals surface area contributed by atoms with Gasteiger partial charge >= 0.3 is 0 Å². The molecule has 0 saturated heterocycles. The Labute approximate surface area is 139 Å². The molecular formula is C18H30FN3O. The molecule has 0 amide bonds. The molecule has 2 atom stereocenters. The lowest BCUT2D eigenvalue weighted by molar-refractivity contribution is 0.0672. The SMILES string of the molecule is CC(C)CCCC(C)NC(N)=NCC(C)(O)c1ccc(F)cc1. The van der Waals surface area contributed by atoms with Crippen molar-refractivity contribution in [2.24, 2.45) is 16.6 Å². The molecule has 1 aromatic carbocycles. The Kier molecular flexibility index (Phi) is 7.49. The van der Waals surface area contributed by atoms with Crippen molar-refractivity contribution in [1.82, 2.24) is 5.32 Å². The second kappa shape index (κ2) is 8.87. The van der Waals surface area contributed by atoms with E-state index in [1.165, 1.54) is 18.6 Å². The molecule has 1 rings (SSSR count). The predicted octanol–water partition coefficient (Wildman–Crippen LogP) is 3.15. The number of rotatable bonds is 8. The van der Waals surface area contributed by atoms with E-state index in [2.05, 4.69) is 31.1 Å². The van der Waals surface area contributed by atoms with Gasteiger partial charge in [0.05, 0.1) is 6.54 Å². The number of guanidine groups is 1. The van der Waals surface area contributed by atoms with Crippen molar-refractivity contribution in [1.29, 1.82) is 0 Å². The van der Waals surface area contributed by atoms with Gasteiger partial charge in [0.15, 0.2) is 5.96 Å². The zero-order valence-corrected chi connectivity index (χ0v) is 14.6. The molecular weight excluding hydrogens is 293 g/mol. The Morgan fingerprint density at radius 2 is 1.87 bits per heavy atom. The standard InChI is InChI=1S/C18H30FN3O/c1-13(2)6-5-7-14(3)22-17(20)21-12-18(4,23)15-8-10-16(19)11-9-15/h8-11,13-14,23H,5-7,12H2,1-4H3,(H3,20,21,22). The van der Waals surface area contributed by atoms with E-state index in [0.29, 0.717) is 17.4 Å². The number of hydrogen-bond acceptors (Lipinski definition) is 2. The first-order chi connectivity index (χ1) is 10.7. The van der Waals surface area contributed by atoms with Crippen LogP contribution in [0.3, 0.4) is 0 Å². The summed E-state index contributed by atoms with van der Waals surface area (Å²) < 4.78 is 12.9. The van der Waals surface area contributed by atoms with Gasteiger partial charge in [-0.05, 0) is 43.9 Å². The lowest BCUT2D eigenvalue weighted by atomic mass is 9.96. The largest absolute Gasteiger partial charge is 0.384 e. The minimum Gasteiger partial charge on any atom is -0.384 e. The van der Waals surface area contributed by atoms with Gasteiger partial charge in [0.25, 0.3) is 0 Å². The lowest BCUT2D eigenvalue weighted by Crippen LogP contribution is -2.39. The summed E-state index contributed by atoms with van der Waals surface area (Å²) >= 11 is 0. The Balaban J connectivity index is 2.49. The van der Waals surface area contributed by atoms with Crippen molar-refractivity contribution in [3.05, 3.63) is 35.6 Å². The highest BCUT2D eigenvalue weighted by Crippen LogP contribution is 2.21. The summed E-state index contributed by atoms with van der Waals surface area (Å²) in [5.74, 6) is 0.702. The molecule has 0 saturated carbocycles. The number of nitrogens with one attached hydrogen (secondary N) is 1. The van der Waals surface area contributed by atoms with Gasteiger partial charge in [-0.25, -0.2) is 4.39 Å². The summed E-state index contributed by atoms with van der Waals surface area (Å²) in [5, 5.41) is 13.6. The first-order valence-electron chi connectivity index (χ1n) is 8.25. The fourth-order valence-corrected chi connectivity index (χ4v) is 2.34. The molecule has 23 heavy (non-hydrogen) atoms. The van der Waals surface area contributed by atoms with Crippen LogP contribution in [0.5, 0.6) is 0 Å². The first-order valence-corrected chi connectivity index (χ1v) is 8.25. The number of halogens is 1. The molecule has 0 fully saturated rings. The summed E-state index contributed by atoms with van der Waals surface area (Å²) in [6, 6.07) is 6.01.